The molecular formula is C21H28N2O4S. The van der Waals surface area contributed by atoms with Gasteiger partial charge in [0.1, 0.15) is 5.75 Å². The number of hydrogen-bond acceptors (Lipinski definition) is 4. The van der Waals surface area contributed by atoms with E-state index in [1.807, 2.05) is 13.8 Å². The molecule has 0 radical (unpaired) electrons. The second-order valence-corrected chi connectivity index (χ2v) is 8.58. The van der Waals surface area contributed by atoms with Crippen LogP contribution in [0.4, 0.5) is 5.69 Å². The number of nitrogens with one attached hydrogen (secondary N) is 1. The number of carbonyl (C=O) groups is 1. The molecule has 0 spiro atoms. The summed E-state index contributed by atoms with van der Waals surface area (Å²) in [6.45, 7) is 5.80. The fourth-order valence-electron chi connectivity index (χ4n) is 2.94. The van der Waals surface area contributed by atoms with E-state index in [1.165, 1.54) is 30.6 Å². The third-order valence-electron chi connectivity index (χ3n) is 4.86. The summed E-state index contributed by atoms with van der Waals surface area (Å²) in [4.78, 5) is 12.7. The Morgan fingerprint density at radius 3 is 2.39 bits per heavy atom. The van der Waals surface area contributed by atoms with Crippen molar-refractivity contribution in [3.05, 3.63) is 53.6 Å². The molecule has 152 valence electrons. The molecule has 1 N–H and O–H groups in total. The van der Waals surface area contributed by atoms with Crippen molar-refractivity contribution in [2.75, 3.05) is 18.5 Å². The molecule has 6 nitrogen and oxygen atoms in total. The van der Waals surface area contributed by atoms with Crippen LogP contribution >= 0.6 is 0 Å². The van der Waals surface area contributed by atoms with Gasteiger partial charge in [-0.1, -0.05) is 32.0 Å². The lowest BCUT2D eigenvalue weighted by Gasteiger charge is -2.22. The minimum atomic E-state index is -3.86. The molecule has 0 aliphatic rings. The monoisotopic (exact) mass is 404 g/mol. The molecule has 0 heterocycles. The number of aryl methyl sites for hydroxylation is 1. The highest BCUT2D eigenvalue weighted by Gasteiger charge is 2.25. The van der Waals surface area contributed by atoms with Gasteiger partial charge < -0.3 is 10.1 Å². The highest BCUT2D eigenvalue weighted by atomic mass is 32.2. The molecule has 0 bridgehead atoms. The van der Waals surface area contributed by atoms with Crippen molar-refractivity contribution in [1.29, 1.82) is 0 Å². The van der Waals surface area contributed by atoms with Gasteiger partial charge in [0.25, 0.3) is 15.9 Å². The predicted molar refractivity (Wildman–Crippen MR) is 112 cm³/mol. The van der Waals surface area contributed by atoms with E-state index in [2.05, 4.69) is 5.32 Å². The fraction of sp³-hybridized carbons (Fsp3) is 0.381. The molecule has 0 aliphatic heterocycles. The Labute approximate surface area is 167 Å². The Morgan fingerprint density at radius 1 is 1.14 bits per heavy atom. The maximum absolute atomic E-state index is 13.2. The smallest absolute Gasteiger partial charge is 0.264 e. The number of ether oxygens (including phenoxy) is 1. The molecule has 0 saturated heterocycles. The Hall–Kier alpha value is -2.54. The Morgan fingerprint density at radius 2 is 1.79 bits per heavy atom. The lowest BCUT2D eigenvalue weighted by Crippen LogP contribution is -2.34. The van der Waals surface area contributed by atoms with Gasteiger partial charge in [0.15, 0.2) is 0 Å². The van der Waals surface area contributed by atoms with Crippen LogP contribution in [0, 0.1) is 6.92 Å². The maximum atomic E-state index is 13.2. The van der Waals surface area contributed by atoms with Crippen LogP contribution in [0.15, 0.2) is 47.4 Å². The average Bonchev–Trinajstić information content (AvgIpc) is 2.71. The highest BCUT2D eigenvalue weighted by Crippen LogP contribution is 2.31. The van der Waals surface area contributed by atoms with Gasteiger partial charge in [0, 0.05) is 18.7 Å². The van der Waals surface area contributed by atoms with E-state index in [9.17, 15) is 13.2 Å². The SMILES string of the molecule is CCC(CC)NC(=O)c1cc(S(=O)(=O)N(C)c2ccccc2OC)ccc1C. The van der Waals surface area contributed by atoms with Gasteiger partial charge >= 0.3 is 0 Å². The van der Waals surface area contributed by atoms with Crippen molar-refractivity contribution in [1.82, 2.24) is 5.32 Å². The minimum Gasteiger partial charge on any atom is -0.495 e. The maximum Gasteiger partial charge on any atom is 0.264 e. The molecule has 0 atom stereocenters. The summed E-state index contributed by atoms with van der Waals surface area (Å²) in [5, 5.41) is 2.96. The van der Waals surface area contributed by atoms with E-state index in [0.29, 0.717) is 17.0 Å². The van der Waals surface area contributed by atoms with Gasteiger partial charge in [-0.2, -0.15) is 0 Å². The lowest BCUT2D eigenvalue weighted by atomic mass is 10.1. The number of nitrogens with zero attached hydrogens (tertiary/aromatic N) is 1. The lowest BCUT2D eigenvalue weighted by molar-refractivity contribution is 0.0934. The number of amides is 1. The van der Waals surface area contributed by atoms with Gasteiger partial charge in [-0.3, -0.25) is 9.10 Å². The molecule has 0 aliphatic carbocycles. The zero-order chi connectivity index (χ0) is 20.9. The van der Waals surface area contributed by atoms with Crippen LogP contribution in [0.25, 0.3) is 0 Å². The molecule has 2 rings (SSSR count). The topological polar surface area (TPSA) is 75.7 Å². The summed E-state index contributed by atoms with van der Waals surface area (Å²) in [7, 11) is -0.903. The van der Waals surface area contributed by atoms with Crippen LogP contribution in [0.5, 0.6) is 5.75 Å². The molecule has 2 aromatic rings. The Bertz CT molecular complexity index is 937. The molecule has 0 saturated carbocycles. The quantitative estimate of drug-likeness (QED) is 0.727. The highest BCUT2D eigenvalue weighted by molar-refractivity contribution is 7.92. The second-order valence-electron chi connectivity index (χ2n) is 6.61. The van der Waals surface area contributed by atoms with Crippen molar-refractivity contribution >= 4 is 21.6 Å². The van der Waals surface area contributed by atoms with Gasteiger partial charge in [0.2, 0.25) is 0 Å². The number of sulfonamides is 1. The van der Waals surface area contributed by atoms with Crippen molar-refractivity contribution in [3.8, 4) is 5.75 Å². The number of methoxy groups -OCH3 is 1. The number of para-hydroxylation sites is 2. The summed E-state index contributed by atoms with van der Waals surface area (Å²) in [5.41, 5.74) is 1.51. The van der Waals surface area contributed by atoms with Crippen LogP contribution in [-0.2, 0) is 10.0 Å². The first-order valence-electron chi connectivity index (χ1n) is 9.29. The zero-order valence-electron chi connectivity index (χ0n) is 17.0. The normalized spacial score (nSPS) is 11.4. The second kappa shape index (κ2) is 9.10. The van der Waals surface area contributed by atoms with Crippen molar-refractivity contribution in [2.24, 2.45) is 0 Å². The zero-order valence-corrected chi connectivity index (χ0v) is 17.8. The molecule has 7 heteroatoms. The van der Waals surface area contributed by atoms with E-state index in [-0.39, 0.29) is 16.8 Å². The van der Waals surface area contributed by atoms with Gasteiger partial charge in [0.05, 0.1) is 17.7 Å². The van der Waals surface area contributed by atoms with Gasteiger partial charge in [-0.25, -0.2) is 8.42 Å². The van der Waals surface area contributed by atoms with Crippen molar-refractivity contribution < 1.29 is 17.9 Å². The van der Waals surface area contributed by atoms with E-state index in [4.69, 9.17) is 4.74 Å². The number of hydrogen-bond donors (Lipinski definition) is 1. The number of carbonyl (C=O) groups excluding carboxylic acids is 1. The molecule has 0 unspecified atom stereocenters. The molecule has 28 heavy (non-hydrogen) atoms. The number of anilines is 1. The summed E-state index contributed by atoms with van der Waals surface area (Å²) in [6.07, 6.45) is 1.63. The Kier molecular flexibility index (Phi) is 7.07. The molecule has 0 aromatic heterocycles. The first-order valence-corrected chi connectivity index (χ1v) is 10.7. The van der Waals surface area contributed by atoms with Crippen LogP contribution in [-0.4, -0.2) is 34.5 Å². The van der Waals surface area contributed by atoms with Crippen LogP contribution in [0.3, 0.4) is 0 Å². The van der Waals surface area contributed by atoms with Crippen LogP contribution in [0.2, 0.25) is 0 Å². The van der Waals surface area contributed by atoms with Gasteiger partial charge in [-0.15, -0.1) is 0 Å². The van der Waals surface area contributed by atoms with E-state index < -0.39 is 10.0 Å². The molecular weight excluding hydrogens is 376 g/mol. The summed E-state index contributed by atoms with van der Waals surface area (Å²) < 4.78 is 32.8. The third kappa shape index (κ3) is 4.47. The van der Waals surface area contributed by atoms with Crippen LogP contribution < -0.4 is 14.4 Å². The summed E-state index contributed by atoms with van der Waals surface area (Å²) in [5.74, 6) is 0.190. The summed E-state index contributed by atoms with van der Waals surface area (Å²) in [6, 6.07) is 11.6. The summed E-state index contributed by atoms with van der Waals surface area (Å²) >= 11 is 0. The molecule has 0 fully saturated rings. The number of benzene rings is 2. The largest absolute Gasteiger partial charge is 0.495 e. The van der Waals surface area contributed by atoms with E-state index in [1.54, 1.807) is 37.3 Å². The first kappa shape index (κ1) is 21.8. The predicted octanol–water partition coefficient (Wildman–Crippen LogP) is 3.75. The third-order valence-corrected chi connectivity index (χ3v) is 6.62. The standard InChI is InChI=1S/C21H28N2O4S/c1-6-16(7-2)22-21(24)18-14-17(13-12-15(18)3)28(25,26)23(4)19-10-8-9-11-20(19)27-5/h8-14,16H,6-7H2,1-5H3,(H,22,24). The van der Waals surface area contributed by atoms with E-state index in [0.717, 1.165) is 18.4 Å². The van der Waals surface area contributed by atoms with Gasteiger partial charge in [-0.05, 0) is 49.6 Å². The van der Waals surface area contributed by atoms with Crippen LogP contribution in [0.1, 0.15) is 42.6 Å². The Balaban J connectivity index is 2.43. The fourth-order valence-corrected chi connectivity index (χ4v) is 4.17. The average molecular weight is 405 g/mol. The number of rotatable bonds is 8. The minimum absolute atomic E-state index is 0.0567. The first-order chi connectivity index (χ1) is 13.3. The molecule has 2 aromatic carbocycles. The van der Waals surface area contributed by atoms with E-state index >= 15 is 0 Å². The molecule has 1 amide bonds. The van der Waals surface area contributed by atoms with Crippen molar-refractivity contribution in [3.63, 3.8) is 0 Å². The van der Waals surface area contributed by atoms with Crippen molar-refractivity contribution in [2.45, 2.75) is 44.6 Å².